The molecule has 0 bridgehead atoms. The van der Waals surface area contributed by atoms with Crippen molar-refractivity contribution >= 4 is 11.5 Å². The van der Waals surface area contributed by atoms with Gasteiger partial charge in [0.1, 0.15) is 0 Å². The average molecular weight is 317 g/mol. The highest BCUT2D eigenvalue weighted by Crippen LogP contribution is 2.18. The van der Waals surface area contributed by atoms with E-state index in [2.05, 4.69) is 48.9 Å². The van der Waals surface area contributed by atoms with Gasteiger partial charge in [-0.05, 0) is 56.5 Å². The molecule has 118 valence electrons. The van der Waals surface area contributed by atoms with Gasteiger partial charge in [-0.15, -0.1) is 5.10 Å². The topological polar surface area (TPSA) is 45.2 Å². The average Bonchev–Trinajstić information content (AvgIpc) is 2.92. The van der Waals surface area contributed by atoms with E-state index in [4.69, 9.17) is 0 Å². The largest absolute Gasteiger partial charge is 0.298 e. The summed E-state index contributed by atoms with van der Waals surface area (Å²) in [5.41, 5.74) is 2.25. The summed E-state index contributed by atoms with van der Waals surface area (Å²) in [4.78, 5) is 9.40. The second-order valence-electron chi connectivity index (χ2n) is 5.99. The molecule has 22 heavy (non-hydrogen) atoms. The Morgan fingerprint density at radius 2 is 2.23 bits per heavy atom. The van der Waals surface area contributed by atoms with Gasteiger partial charge in [0.25, 0.3) is 0 Å². The second kappa shape index (κ2) is 7.76. The van der Waals surface area contributed by atoms with E-state index >= 15 is 0 Å². The van der Waals surface area contributed by atoms with Crippen molar-refractivity contribution in [2.75, 3.05) is 20.1 Å². The Bertz CT molecular complexity index is 545. The summed E-state index contributed by atoms with van der Waals surface area (Å²) >= 11 is 1.44. The molecule has 0 amide bonds. The highest BCUT2D eigenvalue weighted by Gasteiger charge is 2.21. The van der Waals surface area contributed by atoms with Crippen molar-refractivity contribution in [2.45, 2.75) is 38.4 Å². The van der Waals surface area contributed by atoms with Crippen LogP contribution in [0, 0.1) is 0 Å². The SMILES string of the molecule is CN(Cc1ccccn1)[C@H]1CCCN(Cc2csnn2)CC1. The summed E-state index contributed by atoms with van der Waals surface area (Å²) in [7, 11) is 2.22. The van der Waals surface area contributed by atoms with Crippen molar-refractivity contribution in [2.24, 2.45) is 0 Å². The molecule has 3 heterocycles. The van der Waals surface area contributed by atoms with E-state index in [-0.39, 0.29) is 0 Å². The minimum Gasteiger partial charge on any atom is -0.298 e. The third kappa shape index (κ3) is 4.32. The molecule has 1 aliphatic rings. The van der Waals surface area contributed by atoms with Crippen LogP contribution in [-0.4, -0.2) is 50.5 Å². The van der Waals surface area contributed by atoms with E-state index in [1.807, 2.05) is 12.3 Å². The molecule has 0 radical (unpaired) electrons. The lowest BCUT2D eigenvalue weighted by Crippen LogP contribution is -2.32. The highest BCUT2D eigenvalue weighted by atomic mass is 32.1. The van der Waals surface area contributed by atoms with Gasteiger partial charge in [0.2, 0.25) is 0 Å². The van der Waals surface area contributed by atoms with Crippen LogP contribution in [0.1, 0.15) is 30.7 Å². The molecule has 0 N–H and O–H groups in total. The molecule has 0 unspecified atom stereocenters. The van der Waals surface area contributed by atoms with E-state index < -0.39 is 0 Å². The lowest BCUT2D eigenvalue weighted by atomic mass is 10.1. The third-order valence-corrected chi connectivity index (χ3v) is 4.90. The van der Waals surface area contributed by atoms with Gasteiger partial charge in [-0.2, -0.15) is 0 Å². The Kier molecular flexibility index (Phi) is 5.48. The molecule has 5 nitrogen and oxygen atoms in total. The van der Waals surface area contributed by atoms with Gasteiger partial charge in [-0.1, -0.05) is 10.6 Å². The smallest absolute Gasteiger partial charge is 0.0895 e. The van der Waals surface area contributed by atoms with Crippen LogP contribution >= 0.6 is 11.5 Å². The predicted octanol–water partition coefficient (Wildman–Crippen LogP) is 2.42. The highest BCUT2D eigenvalue weighted by molar-refractivity contribution is 7.03. The number of pyridine rings is 1. The molecule has 2 aromatic rings. The van der Waals surface area contributed by atoms with Crippen molar-refractivity contribution in [3.8, 4) is 0 Å². The molecule has 0 aromatic carbocycles. The van der Waals surface area contributed by atoms with E-state index in [1.165, 1.54) is 30.8 Å². The number of nitrogens with zero attached hydrogens (tertiary/aromatic N) is 5. The number of hydrogen-bond acceptors (Lipinski definition) is 6. The van der Waals surface area contributed by atoms with Gasteiger partial charge in [-0.3, -0.25) is 14.8 Å². The van der Waals surface area contributed by atoms with Crippen LogP contribution in [-0.2, 0) is 13.1 Å². The summed E-state index contributed by atoms with van der Waals surface area (Å²) in [6.45, 7) is 4.16. The standard InChI is InChI=1S/C16H23N5S/c1-20(11-14-5-2-3-8-17-14)16-6-4-9-21(10-7-16)12-15-13-22-19-18-15/h2-3,5,8,13,16H,4,6-7,9-12H2,1H3/t16-/m0/s1. The Morgan fingerprint density at radius 3 is 3.00 bits per heavy atom. The molecule has 3 rings (SSSR count). The summed E-state index contributed by atoms with van der Waals surface area (Å²) < 4.78 is 3.95. The first kappa shape index (κ1) is 15.5. The summed E-state index contributed by atoms with van der Waals surface area (Å²) in [5, 5.41) is 6.21. The fourth-order valence-corrected chi connectivity index (χ4v) is 3.54. The van der Waals surface area contributed by atoms with Crippen molar-refractivity contribution in [1.29, 1.82) is 0 Å². The van der Waals surface area contributed by atoms with Crippen LogP contribution < -0.4 is 0 Å². The minimum atomic E-state index is 0.639. The van der Waals surface area contributed by atoms with E-state index in [1.54, 1.807) is 0 Å². The molecule has 1 fully saturated rings. The molecule has 1 saturated heterocycles. The van der Waals surface area contributed by atoms with Crippen molar-refractivity contribution in [3.63, 3.8) is 0 Å². The van der Waals surface area contributed by atoms with Crippen LogP contribution in [0.25, 0.3) is 0 Å². The Balaban J connectivity index is 1.51. The predicted molar refractivity (Wildman–Crippen MR) is 88.5 cm³/mol. The zero-order valence-corrected chi connectivity index (χ0v) is 13.9. The first-order valence-electron chi connectivity index (χ1n) is 7.89. The maximum atomic E-state index is 4.44. The maximum Gasteiger partial charge on any atom is 0.0895 e. The molecule has 0 spiro atoms. The molecule has 1 atom stereocenters. The number of likely N-dealkylation sites (tertiary alicyclic amines) is 1. The lowest BCUT2D eigenvalue weighted by molar-refractivity contribution is 0.204. The second-order valence-corrected chi connectivity index (χ2v) is 6.60. The summed E-state index contributed by atoms with van der Waals surface area (Å²) in [5.74, 6) is 0. The molecule has 0 saturated carbocycles. The van der Waals surface area contributed by atoms with Gasteiger partial charge in [0.05, 0.1) is 11.4 Å². The van der Waals surface area contributed by atoms with Gasteiger partial charge in [0, 0.05) is 37.3 Å². The first-order valence-corrected chi connectivity index (χ1v) is 8.73. The van der Waals surface area contributed by atoms with Crippen molar-refractivity contribution in [3.05, 3.63) is 41.2 Å². The van der Waals surface area contributed by atoms with Crippen LogP contribution in [0.5, 0.6) is 0 Å². The molecule has 1 aliphatic heterocycles. The minimum absolute atomic E-state index is 0.639. The normalized spacial score (nSPS) is 20.2. The molecular weight excluding hydrogens is 294 g/mol. The van der Waals surface area contributed by atoms with Crippen LogP contribution in [0.4, 0.5) is 0 Å². The first-order chi connectivity index (χ1) is 10.8. The van der Waals surface area contributed by atoms with Crippen LogP contribution in [0.3, 0.4) is 0 Å². The fraction of sp³-hybridized carbons (Fsp3) is 0.562. The molecule has 2 aromatic heterocycles. The lowest BCUT2D eigenvalue weighted by Gasteiger charge is -2.27. The number of rotatable bonds is 5. The zero-order valence-electron chi connectivity index (χ0n) is 13.1. The van der Waals surface area contributed by atoms with Crippen molar-refractivity contribution < 1.29 is 0 Å². The zero-order chi connectivity index (χ0) is 15.2. The summed E-state index contributed by atoms with van der Waals surface area (Å²) in [6, 6.07) is 6.78. The third-order valence-electron chi connectivity index (χ3n) is 4.34. The van der Waals surface area contributed by atoms with Gasteiger partial charge < -0.3 is 0 Å². The Hall–Kier alpha value is -1.37. The van der Waals surface area contributed by atoms with E-state index in [0.717, 1.165) is 37.6 Å². The fourth-order valence-electron chi connectivity index (χ4n) is 3.10. The van der Waals surface area contributed by atoms with Gasteiger partial charge in [0.15, 0.2) is 0 Å². The maximum absolute atomic E-state index is 4.44. The van der Waals surface area contributed by atoms with Crippen molar-refractivity contribution in [1.82, 2.24) is 24.4 Å². The van der Waals surface area contributed by atoms with Gasteiger partial charge in [-0.25, -0.2) is 0 Å². The molecule has 0 aliphatic carbocycles. The number of hydrogen-bond donors (Lipinski definition) is 0. The summed E-state index contributed by atoms with van der Waals surface area (Å²) in [6.07, 6.45) is 5.59. The monoisotopic (exact) mass is 317 g/mol. The quantitative estimate of drug-likeness (QED) is 0.847. The van der Waals surface area contributed by atoms with Gasteiger partial charge >= 0.3 is 0 Å². The number of aromatic nitrogens is 3. The Morgan fingerprint density at radius 1 is 1.27 bits per heavy atom. The van der Waals surface area contributed by atoms with E-state index in [0.29, 0.717) is 6.04 Å². The van der Waals surface area contributed by atoms with Crippen LogP contribution in [0.2, 0.25) is 0 Å². The van der Waals surface area contributed by atoms with Crippen LogP contribution in [0.15, 0.2) is 29.8 Å². The van der Waals surface area contributed by atoms with E-state index in [9.17, 15) is 0 Å². The Labute approximate surface area is 136 Å². The molecular formula is C16H23N5S. The molecule has 6 heteroatoms.